The number of hydrogen-bond donors (Lipinski definition) is 3. The third-order valence-corrected chi connectivity index (χ3v) is 3.12. The highest BCUT2D eigenvalue weighted by atomic mass is 32.2. The topological polar surface area (TPSA) is 105 Å². The van der Waals surface area contributed by atoms with E-state index in [2.05, 4.69) is 9.88 Å². The molecule has 0 unspecified atom stereocenters. The average Bonchev–Trinajstić information content (AvgIpc) is 2.01. The van der Waals surface area contributed by atoms with Crippen molar-refractivity contribution in [3.8, 4) is 0 Å². The first-order chi connectivity index (χ1) is 5.75. The van der Waals surface area contributed by atoms with Crippen LogP contribution in [0.1, 0.15) is 20.8 Å². The van der Waals surface area contributed by atoms with E-state index >= 15 is 0 Å². The van der Waals surface area contributed by atoms with E-state index in [1.807, 2.05) is 0 Å². The van der Waals surface area contributed by atoms with Gasteiger partial charge in [-0.2, -0.15) is 0 Å². The van der Waals surface area contributed by atoms with Gasteiger partial charge in [0.25, 0.3) is 0 Å². The van der Waals surface area contributed by atoms with E-state index in [0.29, 0.717) is 0 Å². The van der Waals surface area contributed by atoms with Crippen LogP contribution < -0.4 is 10.5 Å². The van der Waals surface area contributed by atoms with Gasteiger partial charge in [-0.15, -0.1) is 0 Å². The van der Waals surface area contributed by atoms with Crippen LogP contribution in [0.2, 0.25) is 0 Å². The molecule has 0 radical (unpaired) electrons. The summed E-state index contributed by atoms with van der Waals surface area (Å²) in [6.45, 7) is 4.52. The molecule has 0 amide bonds. The summed E-state index contributed by atoms with van der Waals surface area (Å²) >= 11 is 0. The first-order valence-electron chi connectivity index (χ1n) is 3.75. The highest BCUT2D eigenvalue weighted by molar-refractivity contribution is 7.89. The van der Waals surface area contributed by atoms with Crippen LogP contribution in [-0.4, -0.2) is 30.8 Å². The van der Waals surface area contributed by atoms with Gasteiger partial charge in [0.05, 0.1) is 11.3 Å². The normalized spacial score (nSPS) is 14.5. The standard InChI is InChI=1S/C6H15N3O3S/c1-4-13(11,12)9-6(2,3)5(7)8-10/h9-10H,4H2,1-3H3,(H2,7,8). The molecule has 0 rings (SSSR count). The molecule has 78 valence electrons. The molecule has 6 nitrogen and oxygen atoms in total. The van der Waals surface area contributed by atoms with E-state index < -0.39 is 15.6 Å². The van der Waals surface area contributed by atoms with E-state index in [1.165, 1.54) is 20.8 Å². The van der Waals surface area contributed by atoms with Crippen LogP contribution in [0.15, 0.2) is 5.16 Å². The second kappa shape index (κ2) is 3.93. The van der Waals surface area contributed by atoms with Gasteiger partial charge in [0.2, 0.25) is 10.0 Å². The molecule has 0 spiro atoms. The smallest absolute Gasteiger partial charge is 0.212 e. The van der Waals surface area contributed by atoms with Gasteiger partial charge in [-0.3, -0.25) is 0 Å². The first kappa shape index (κ1) is 12.2. The monoisotopic (exact) mass is 209 g/mol. The summed E-state index contributed by atoms with van der Waals surface area (Å²) in [7, 11) is -3.35. The molecular weight excluding hydrogens is 194 g/mol. The second-order valence-electron chi connectivity index (χ2n) is 3.12. The van der Waals surface area contributed by atoms with Crippen LogP contribution in [0.3, 0.4) is 0 Å². The van der Waals surface area contributed by atoms with Gasteiger partial charge in [0.1, 0.15) is 0 Å². The molecule has 0 aliphatic heterocycles. The lowest BCUT2D eigenvalue weighted by Crippen LogP contribution is -2.53. The van der Waals surface area contributed by atoms with Gasteiger partial charge >= 0.3 is 0 Å². The molecule has 0 heterocycles. The first-order valence-corrected chi connectivity index (χ1v) is 5.40. The lowest BCUT2D eigenvalue weighted by molar-refractivity contribution is 0.312. The summed E-state index contributed by atoms with van der Waals surface area (Å²) in [4.78, 5) is 0. The lowest BCUT2D eigenvalue weighted by Gasteiger charge is -2.23. The van der Waals surface area contributed by atoms with Crippen molar-refractivity contribution >= 4 is 15.9 Å². The Kier molecular flexibility index (Phi) is 3.68. The molecule has 13 heavy (non-hydrogen) atoms. The second-order valence-corrected chi connectivity index (χ2v) is 5.13. The number of nitrogens with zero attached hydrogens (tertiary/aromatic N) is 1. The van der Waals surface area contributed by atoms with Crippen molar-refractivity contribution in [1.29, 1.82) is 0 Å². The van der Waals surface area contributed by atoms with E-state index in [-0.39, 0.29) is 11.6 Å². The molecule has 0 fully saturated rings. The minimum Gasteiger partial charge on any atom is -0.409 e. The number of nitrogens with two attached hydrogens (primary N) is 1. The van der Waals surface area contributed by atoms with Gasteiger partial charge in [-0.25, -0.2) is 13.1 Å². The fourth-order valence-electron chi connectivity index (χ4n) is 0.638. The maximum Gasteiger partial charge on any atom is 0.212 e. The Labute approximate surface area is 77.9 Å². The molecule has 0 aromatic heterocycles. The Bertz CT molecular complexity index is 294. The Morgan fingerprint density at radius 1 is 1.62 bits per heavy atom. The van der Waals surface area contributed by atoms with Crippen molar-refractivity contribution in [3.05, 3.63) is 0 Å². The summed E-state index contributed by atoms with van der Waals surface area (Å²) in [6.07, 6.45) is 0. The SMILES string of the molecule is CCS(=O)(=O)NC(C)(C)/C(N)=N/O. The third-order valence-electron chi connectivity index (χ3n) is 1.54. The Balaban J connectivity index is 4.72. The predicted octanol–water partition coefficient (Wildman–Crippen LogP) is -0.549. The number of rotatable bonds is 4. The van der Waals surface area contributed by atoms with Crippen molar-refractivity contribution < 1.29 is 13.6 Å². The number of amidine groups is 1. The van der Waals surface area contributed by atoms with Crippen LogP contribution in [0.5, 0.6) is 0 Å². The van der Waals surface area contributed by atoms with Crippen LogP contribution in [0.4, 0.5) is 0 Å². The maximum atomic E-state index is 11.1. The van der Waals surface area contributed by atoms with Gasteiger partial charge in [0.15, 0.2) is 5.84 Å². The molecule has 0 aromatic carbocycles. The van der Waals surface area contributed by atoms with Crippen LogP contribution in [0.25, 0.3) is 0 Å². The molecule has 0 saturated heterocycles. The van der Waals surface area contributed by atoms with Crippen LogP contribution >= 0.6 is 0 Å². The van der Waals surface area contributed by atoms with E-state index in [4.69, 9.17) is 10.9 Å². The molecule has 4 N–H and O–H groups in total. The zero-order valence-corrected chi connectivity index (χ0v) is 8.72. The van der Waals surface area contributed by atoms with Crippen molar-refractivity contribution in [3.63, 3.8) is 0 Å². The number of nitrogens with one attached hydrogen (secondary N) is 1. The summed E-state index contributed by atoms with van der Waals surface area (Å²) in [5.74, 6) is -0.223. The van der Waals surface area contributed by atoms with Gasteiger partial charge in [-0.05, 0) is 20.8 Å². The summed E-state index contributed by atoms with van der Waals surface area (Å²) in [5.41, 5.74) is 4.22. The Morgan fingerprint density at radius 2 is 2.08 bits per heavy atom. The highest BCUT2D eigenvalue weighted by Crippen LogP contribution is 2.04. The molecular formula is C6H15N3O3S. The number of oxime groups is 1. The Hall–Kier alpha value is -0.820. The van der Waals surface area contributed by atoms with Crippen molar-refractivity contribution in [1.82, 2.24) is 4.72 Å². The summed E-state index contributed by atoms with van der Waals surface area (Å²) in [6, 6.07) is 0. The largest absolute Gasteiger partial charge is 0.409 e. The van der Waals surface area contributed by atoms with Gasteiger partial charge in [-0.1, -0.05) is 5.16 Å². The Morgan fingerprint density at radius 3 is 2.38 bits per heavy atom. The fraction of sp³-hybridized carbons (Fsp3) is 0.833. The predicted molar refractivity (Wildman–Crippen MR) is 50.1 cm³/mol. The number of sulfonamides is 1. The van der Waals surface area contributed by atoms with Crippen LogP contribution in [-0.2, 0) is 10.0 Å². The zero-order valence-electron chi connectivity index (χ0n) is 7.90. The summed E-state index contributed by atoms with van der Waals surface area (Å²) < 4.78 is 24.6. The molecule has 7 heteroatoms. The van der Waals surface area contributed by atoms with Crippen molar-refractivity contribution in [2.45, 2.75) is 26.3 Å². The lowest BCUT2D eigenvalue weighted by atomic mass is 10.1. The van der Waals surface area contributed by atoms with E-state index in [1.54, 1.807) is 0 Å². The molecule has 0 saturated carbocycles. The number of hydrogen-bond acceptors (Lipinski definition) is 4. The van der Waals surface area contributed by atoms with Crippen molar-refractivity contribution in [2.24, 2.45) is 10.9 Å². The minimum absolute atomic E-state index is 0.0465. The molecule has 0 aliphatic rings. The molecule has 0 aromatic rings. The maximum absolute atomic E-state index is 11.1. The third kappa shape index (κ3) is 3.60. The van der Waals surface area contributed by atoms with Gasteiger partial charge < -0.3 is 10.9 Å². The van der Waals surface area contributed by atoms with Crippen molar-refractivity contribution in [2.75, 3.05) is 5.75 Å². The molecule has 0 bridgehead atoms. The van der Waals surface area contributed by atoms with E-state index in [0.717, 1.165) is 0 Å². The summed E-state index contributed by atoms with van der Waals surface area (Å²) in [5, 5.41) is 11.1. The fourth-order valence-corrected chi connectivity index (χ4v) is 1.66. The molecule has 0 aliphatic carbocycles. The molecule has 0 atom stereocenters. The average molecular weight is 209 g/mol. The quantitative estimate of drug-likeness (QED) is 0.250. The van der Waals surface area contributed by atoms with E-state index in [9.17, 15) is 8.42 Å². The minimum atomic E-state index is -3.35. The zero-order chi connectivity index (χ0) is 10.7. The van der Waals surface area contributed by atoms with Gasteiger partial charge in [0, 0.05) is 0 Å². The van der Waals surface area contributed by atoms with Crippen LogP contribution in [0, 0.1) is 0 Å². The highest BCUT2D eigenvalue weighted by Gasteiger charge is 2.28.